The summed E-state index contributed by atoms with van der Waals surface area (Å²) in [6.45, 7) is 8.41. The highest BCUT2D eigenvalue weighted by molar-refractivity contribution is 6.09. The molecule has 3 aliphatic rings. The van der Waals surface area contributed by atoms with Crippen molar-refractivity contribution in [3.05, 3.63) is 64.8 Å². The van der Waals surface area contributed by atoms with Gasteiger partial charge < -0.3 is 19.5 Å². The molecule has 0 atom stereocenters. The number of hydrogen-bond acceptors (Lipinski definition) is 6. The number of amides is 1. The number of fused-ring (bicyclic) bond motifs is 3. The molecule has 1 saturated heterocycles. The smallest absolute Gasteiger partial charge is 0.252 e. The van der Waals surface area contributed by atoms with Gasteiger partial charge >= 0.3 is 0 Å². The second kappa shape index (κ2) is 9.22. The summed E-state index contributed by atoms with van der Waals surface area (Å²) < 4.78 is 16.5. The molecule has 0 spiro atoms. The first-order valence-corrected chi connectivity index (χ1v) is 12.6. The zero-order valence-corrected chi connectivity index (χ0v) is 20.8. The van der Waals surface area contributed by atoms with Crippen LogP contribution in [0.1, 0.15) is 47.4 Å². The number of pyridine rings is 1. The van der Waals surface area contributed by atoms with Crippen LogP contribution in [-0.4, -0.2) is 61.0 Å². The molecule has 2 aliphatic heterocycles. The van der Waals surface area contributed by atoms with Crippen LogP contribution in [0.4, 0.5) is 0 Å². The Bertz CT molecular complexity index is 1360. The van der Waals surface area contributed by atoms with Gasteiger partial charge in [-0.1, -0.05) is 24.3 Å². The van der Waals surface area contributed by atoms with Crippen molar-refractivity contribution in [2.45, 2.75) is 32.2 Å². The summed E-state index contributed by atoms with van der Waals surface area (Å²) in [4.78, 5) is 21.1. The second-order valence-corrected chi connectivity index (χ2v) is 10.2. The lowest BCUT2D eigenvalue weighted by Crippen LogP contribution is -2.55. The fourth-order valence-electron chi connectivity index (χ4n) is 5.41. The van der Waals surface area contributed by atoms with Crippen LogP contribution in [0.15, 0.2) is 42.5 Å². The first-order valence-electron chi connectivity index (χ1n) is 12.6. The van der Waals surface area contributed by atoms with Crippen LogP contribution in [0.5, 0.6) is 11.5 Å². The summed E-state index contributed by atoms with van der Waals surface area (Å²) in [5.74, 6) is 1.50. The first-order chi connectivity index (χ1) is 17.5. The van der Waals surface area contributed by atoms with E-state index in [1.165, 1.54) is 0 Å². The predicted octanol–water partition coefficient (Wildman–Crippen LogP) is 4.29. The summed E-state index contributed by atoms with van der Waals surface area (Å²) in [5.41, 5.74) is 5.56. The largest absolute Gasteiger partial charge is 0.454 e. The van der Waals surface area contributed by atoms with Gasteiger partial charge in [-0.25, -0.2) is 4.98 Å². The maximum atomic E-state index is 13.7. The van der Waals surface area contributed by atoms with Crippen molar-refractivity contribution >= 4 is 28.5 Å². The highest BCUT2D eigenvalue weighted by atomic mass is 16.7. The molecule has 7 heteroatoms. The lowest BCUT2D eigenvalue weighted by atomic mass is 9.98. The Morgan fingerprint density at radius 3 is 2.75 bits per heavy atom. The average Bonchev–Trinajstić information content (AvgIpc) is 3.53. The third kappa shape index (κ3) is 4.22. The van der Waals surface area contributed by atoms with Gasteiger partial charge in [0.25, 0.3) is 5.91 Å². The lowest BCUT2D eigenvalue weighted by molar-refractivity contribution is -0.00923. The number of aromatic nitrogens is 1. The number of morpholine rings is 1. The molecule has 6 rings (SSSR count). The van der Waals surface area contributed by atoms with Gasteiger partial charge in [-0.05, 0) is 67.7 Å². The fraction of sp³-hybridized carbons (Fsp3) is 0.379. The van der Waals surface area contributed by atoms with E-state index in [2.05, 4.69) is 30.1 Å². The van der Waals surface area contributed by atoms with E-state index in [1.807, 2.05) is 42.5 Å². The van der Waals surface area contributed by atoms with Crippen molar-refractivity contribution in [2.24, 2.45) is 0 Å². The molecule has 3 heterocycles. The number of carbonyl (C=O) groups is 1. The van der Waals surface area contributed by atoms with E-state index in [-0.39, 0.29) is 18.2 Å². The zero-order valence-electron chi connectivity index (χ0n) is 20.8. The van der Waals surface area contributed by atoms with Crippen LogP contribution in [0, 0.1) is 0 Å². The van der Waals surface area contributed by atoms with Crippen molar-refractivity contribution < 1.29 is 19.0 Å². The molecule has 1 aromatic heterocycles. The second-order valence-electron chi connectivity index (χ2n) is 10.2. The summed E-state index contributed by atoms with van der Waals surface area (Å²) in [7, 11) is 0. The Kier molecular flexibility index (Phi) is 5.90. The normalized spacial score (nSPS) is 18.6. The van der Waals surface area contributed by atoms with Crippen molar-refractivity contribution in [3.63, 3.8) is 0 Å². The van der Waals surface area contributed by atoms with Crippen molar-refractivity contribution in [2.75, 3.05) is 39.6 Å². The Hall–Kier alpha value is -3.42. The zero-order chi connectivity index (χ0) is 24.7. The van der Waals surface area contributed by atoms with E-state index in [1.54, 1.807) is 0 Å². The predicted molar refractivity (Wildman–Crippen MR) is 139 cm³/mol. The highest BCUT2D eigenvalue weighted by Crippen LogP contribution is 2.39. The summed E-state index contributed by atoms with van der Waals surface area (Å²) in [5, 5.41) is 4.16. The van der Waals surface area contributed by atoms with Gasteiger partial charge in [0.2, 0.25) is 6.79 Å². The van der Waals surface area contributed by atoms with E-state index in [0.29, 0.717) is 6.54 Å². The highest BCUT2D eigenvalue weighted by Gasteiger charge is 2.31. The minimum Gasteiger partial charge on any atom is -0.454 e. The van der Waals surface area contributed by atoms with Crippen LogP contribution in [-0.2, 0) is 11.2 Å². The van der Waals surface area contributed by atoms with Gasteiger partial charge in [0.05, 0.1) is 30.0 Å². The van der Waals surface area contributed by atoms with Crippen LogP contribution in [0.3, 0.4) is 0 Å². The number of allylic oxidation sites excluding steroid dienone is 1. The molecular weight excluding hydrogens is 454 g/mol. The number of nitrogens with one attached hydrogen (secondary N) is 1. The molecule has 2 aromatic carbocycles. The molecule has 1 aliphatic carbocycles. The van der Waals surface area contributed by atoms with E-state index in [0.717, 1.165) is 89.5 Å². The van der Waals surface area contributed by atoms with Crippen LogP contribution in [0.2, 0.25) is 0 Å². The van der Waals surface area contributed by atoms with Gasteiger partial charge in [-0.15, -0.1) is 0 Å². The third-order valence-electron chi connectivity index (χ3n) is 7.46. The van der Waals surface area contributed by atoms with Crippen LogP contribution < -0.4 is 14.8 Å². The minimum absolute atomic E-state index is 0.0319. The minimum atomic E-state index is -0.157. The molecule has 0 radical (unpaired) electrons. The maximum absolute atomic E-state index is 13.7. The van der Waals surface area contributed by atoms with Gasteiger partial charge in [-0.3, -0.25) is 9.69 Å². The Morgan fingerprint density at radius 1 is 1.08 bits per heavy atom. The number of carbonyl (C=O) groups excluding carboxylic acids is 1. The molecule has 1 amide bonds. The van der Waals surface area contributed by atoms with Crippen LogP contribution in [0.25, 0.3) is 22.6 Å². The Labute approximate surface area is 211 Å². The molecular formula is C29H31N3O4. The maximum Gasteiger partial charge on any atom is 0.252 e. The van der Waals surface area contributed by atoms with Crippen LogP contribution >= 0.6 is 0 Å². The van der Waals surface area contributed by atoms with Gasteiger partial charge in [0.15, 0.2) is 11.5 Å². The third-order valence-corrected chi connectivity index (χ3v) is 7.46. The summed E-state index contributed by atoms with van der Waals surface area (Å²) in [6, 6.07) is 13.9. The number of benzene rings is 2. The number of ether oxygens (including phenoxy) is 3. The lowest BCUT2D eigenvalue weighted by Gasteiger charge is -2.40. The van der Waals surface area contributed by atoms with Gasteiger partial charge in [0.1, 0.15) is 0 Å². The molecule has 36 heavy (non-hydrogen) atoms. The van der Waals surface area contributed by atoms with Crippen molar-refractivity contribution in [1.29, 1.82) is 0 Å². The number of nitrogens with zero attached hydrogens (tertiary/aromatic N) is 2. The average molecular weight is 486 g/mol. The fourth-order valence-corrected chi connectivity index (χ4v) is 5.41. The molecule has 186 valence electrons. The first kappa shape index (κ1) is 23.0. The number of para-hydroxylation sites is 1. The van der Waals surface area contributed by atoms with Crippen molar-refractivity contribution in [1.82, 2.24) is 15.2 Å². The van der Waals surface area contributed by atoms with E-state index in [9.17, 15) is 4.79 Å². The molecule has 3 aromatic rings. The monoisotopic (exact) mass is 485 g/mol. The Morgan fingerprint density at radius 2 is 1.89 bits per heavy atom. The Balaban J connectivity index is 1.33. The molecule has 1 N–H and O–H groups in total. The molecule has 1 fully saturated rings. The van der Waals surface area contributed by atoms with Crippen molar-refractivity contribution in [3.8, 4) is 11.5 Å². The molecule has 0 bridgehead atoms. The molecule has 0 unspecified atom stereocenters. The standard InChI is InChI=1S/C29H31N3O4/c1-29(2,32-11-13-34-14-12-32)17-30-28(33)26-21-5-3-4-6-23(21)31-27-20(8-9-22(26)27)15-19-7-10-24-25(16-19)36-18-35-24/h3-7,10,15-16H,8-9,11-14,17-18H2,1-2H3,(H,30,33)/b20-15+. The summed E-state index contributed by atoms with van der Waals surface area (Å²) >= 11 is 0. The SMILES string of the molecule is CC(C)(CNC(=O)c1c2c(nc3ccccc13)/C(=C/c1ccc3c(c1)OCO3)CC2)N1CCOCC1. The van der Waals surface area contributed by atoms with Gasteiger partial charge in [-0.2, -0.15) is 0 Å². The topological polar surface area (TPSA) is 72.9 Å². The summed E-state index contributed by atoms with van der Waals surface area (Å²) in [6.07, 6.45) is 3.78. The quantitative estimate of drug-likeness (QED) is 0.581. The van der Waals surface area contributed by atoms with E-state index >= 15 is 0 Å². The van der Waals surface area contributed by atoms with E-state index in [4.69, 9.17) is 19.2 Å². The number of rotatable bonds is 5. The number of hydrogen-bond donors (Lipinski definition) is 1. The van der Waals surface area contributed by atoms with E-state index < -0.39 is 0 Å². The molecule has 7 nitrogen and oxygen atoms in total. The molecule has 0 saturated carbocycles. The van der Waals surface area contributed by atoms with Gasteiger partial charge in [0, 0.05) is 30.6 Å².